The van der Waals surface area contributed by atoms with Gasteiger partial charge in [0.25, 0.3) is 0 Å². The molecule has 0 spiro atoms. The topological polar surface area (TPSA) is 49.4 Å². The number of amides is 2. The first-order chi connectivity index (χ1) is 13.3. The van der Waals surface area contributed by atoms with E-state index in [-0.39, 0.29) is 23.3 Å². The molecule has 0 fully saturated rings. The summed E-state index contributed by atoms with van der Waals surface area (Å²) in [5.74, 6) is -0.442. The van der Waals surface area contributed by atoms with Crippen LogP contribution in [-0.4, -0.2) is 35.6 Å². The van der Waals surface area contributed by atoms with E-state index in [4.69, 9.17) is 11.6 Å². The monoisotopic (exact) mass is 486 g/mol. The van der Waals surface area contributed by atoms with Gasteiger partial charge in [0.1, 0.15) is 11.9 Å². The van der Waals surface area contributed by atoms with Crippen molar-refractivity contribution in [3.63, 3.8) is 0 Å². The van der Waals surface area contributed by atoms with Gasteiger partial charge in [-0.3, -0.25) is 9.59 Å². The van der Waals surface area contributed by atoms with E-state index >= 15 is 0 Å². The first-order valence-corrected chi connectivity index (χ1v) is 10.9. The Morgan fingerprint density at radius 3 is 2.54 bits per heavy atom. The van der Waals surface area contributed by atoms with E-state index in [0.717, 1.165) is 10.0 Å². The first-order valence-electron chi connectivity index (χ1n) is 8.59. The minimum Gasteiger partial charge on any atom is -0.357 e. The molecular weight excluding hydrogens is 467 g/mol. The van der Waals surface area contributed by atoms with Gasteiger partial charge < -0.3 is 10.2 Å². The van der Waals surface area contributed by atoms with Gasteiger partial charge in [-0.05, 0) is 36.8 Å². The summed E-state index contributed by atoms with van der Waals surface area (Å²) in [6, 6.07) is 11.4. The van der Waals surface area contributed by atoms with Gasteiger partial charge in [0, 0.05) is 34.4 Å². The third-order valence-corrected chi connectivity index (χ3v) is 6.04. The lowest BCUT2D eigenvalue weighted by atomic mass is 10.1. The summed E-state index contributed by atoms with van der Waals surface area (Å²) in [5.41, 5.74) is 1.29. The summed E-state index contributed by atoms with van der Waals surface area (Å²) in [6.45, 7) is 2.00. The van der Waals surface area contributed by atoms with Crippen LogP contribution in [0.2, 0.25) is 5.02 Å². The molecule has 150 valence electrons. The highest BCUT2D eigenvalue weighted by Gasteiger charge is 2.25. The van der Waals surface area contributed by atoms with Crippen molar-refractivity contribution in [2.45, 2.75) is 25.3 Å². The third-order valence-electron chi connectivity index (χ3n) is 4.21. The maximum atomic E-state index is 13.9. The standard InChI is InChI=1S/C20H21BrClFN2O2S/c1-13(20(27)24-2)25(10-14-6-8-15(21)9-7-14)19(26)12-28-11-16-17(22)4-3-5-18(16)23/h3-9,13H,10-12H2,1-2H3,(H,24,27)/t13-/m1/s1. The molecule has 0 radical (unpaired) electrons. The van der Waals surface area contributed by atoms with Crippen LogP contribution in [0, 0.1) is 5.82 Å². The number of nitrogens with zero attached hydrogens (tertiary/aromatic N) is 1. The highest BCUT2D eigenvalue weighted by Crippen LogP contribution is 2.24. The molecule has 1 atom stereocenters. The van der Waals surface area contributed by atoms with Crippen molar-refractivity contribution < 1.29 is 14.0 Å². The lowest BCUT2D eigenvalue weighted by Gasteiger charge is -2.28. The molecule has 0 unspecified atom stereocenters. The van der Waals surface area contributed by atoms with Crippen LogP contribution in [0.5, 0.6) is 0 Å². The Morgan fingerprint density at radius 2 is 1.93 bits per heavy atom. The maximum absolute atomic E-state index is 13.9. The normalized spacial score (nSPS) is 11.8. The molecule has 0 saturated carbocycles. The average Bonchev–Trinajstić information content (AvgIpc) is 2.68. The summed E-state index contributed by atoms with van der Waals surface area (Å²) < 4.78 is 14.8. The van der Waals surface area contributed by atoms with Crippen LogP contribution in [0.3, 0.4) is 0 Å². The number of likely N-dealkylation sites (N-methyl/N-ethyl adjacent to an activating group) is 1. The van der Waals surface area contributed by atoms with Crippen LogP contribution in [0.25, 0.3) is 0 Å². The molecule has 0 heterocycles. The van der Waals surface area contributed by atoms with E-state index in [2.05, 4.69) is 21.2 Å². The van der Waals surface area contributed by atoms with Crippen LogP contribution in [0.15, 0.2) is 46.9 Å². The molecular formula is C20H21BrClFN2O2S. The number of hydrogen-bond acceptors (Lipinski definition) is 3. The number of rotatable bonds is 8. The summed E-state index contributed by atoms with van der Waals surface area (Å²) in [7, 11) is 1.54. The number of benzene rings is 2. The Bertz CT molecular complexity index is 815. The zero-order chi connectivity index (χ0) is 20.7. The molecule has 4 nitrogen and oxygen atoms in total. The van der Waals surface area contributed by atoms with Gasteiger partial charge in [0.05, 0.1) is 5.75 Å². The average molecular weight is 488 g/mol. The van der Waals surface area contributed by atoms with Crippen LogP contribution in [0.4, 0.5) is 4.39 Å². The molecule has 0 aliphatic carbocycles. The molecule has 28 heavy (non-hydrogen) atoms. The molecule has 0 aliphatic heterocycles. The lowest BCUT2D eigenvalue weighted by molar-refractivity contribution is -0.138. The Kier molecular flexibility index (Phi) is 8.79. The first kappa shape index (κ1) is 22.7. The third kappa shape index (κ3) is 6.22. The quantitative estimate of drug-likeness (QED) is 0.590. The Morgan fingerprint density at radius 1 is 1.25 bits per heavy atom. The number of carbonyl (C=O) groups excluding carboxylic acids is 2. The SMILES string of the molecule is CNC(=O)[C@@H](C)N(Cc1ccc(Br)cc1)C(=O)CSCc1c(F)cccc1Cl. The summed E-state index contributed by atoms with van der Waals surface area (Å²) in [5, 5.41) is 2.92. The number of thioether (sulfide) groups is 1. The van der Waals surface area contributed by atoms with Gasteiger partial charge in [-0.1, -0.05) is 45.7 Å². The van der Waals surface area contributed by atoms with Crippen molar-refractivity contribution in [2.24, 2.45) is 0 Å². The molecule has 0 aromatic heterocycles. The van der Waals surface area contributed by atoms with Crippen LogP contribution >= 0.6 is 39.3 Å². The van der Waals surface area contributed by atoms with Crippen LogP contribution in [-0.2, 0) is 21.9 Å². The van der Waals surface area contributed by atoms with Crippen molar-refractivity contribution in [1.82, 2.24) is 10.2 Å². The molecule has 1 N–H and O–H groups in total. The van der Waals surface area contributed by atoms with Crippen LogP contribution < -0.4 is 5.32 Å². The fraction of sp³-hybridized carbons (Fsp3) is 0.300. The largest absolute Gasteiger partial charge is 0.357 e. The molecule has 0 saturated heterocycles. The van der Waals surface area contributed by atoms with Crippen molar-refractivity contribution in [1.29, 1.82) is 0 Å². The second-order valence-electron chi connectivity index (χ2n) is 6.13. The van der Waals surface area contributed by atoms with Gasteiger partial charge in [-0.2, -0.15) is 0 Å². The smallest absolute Gasteiger partial charge is 0.242 e. The van der Waals surface area contributed by atoms with Gasteiger partial charge >= 0.3 is 0 Å². The highest BCUT2D eigenvalue weighted by atomic mass is 79.9. The van der Waals surface area contributed by atoms with Crippen LogP contribution in [0.1, 0.15) is 18.1 Å². The van der Waals surface area contributed by atoms with Gasteiger partial charge in [0.2, 0.25) is 11.8 Å². The second-order valence-corrected chi connectivity index (χ2v) is 8.44. The number of nitrogens with one attached hydrogen (secondary N) is 1. The maximum Gasteiger partial charge on any atom is 0.242 e. The van der Waals surface area contributed by atoms with Crippen molar-refractivity contribution in [3.05, 3.63) is 68.9 Å². The van der Waals surface area contributed by atoms with Gasteiger partial charge in [0.15, 0.2) is 0 Å². The van der Waals surface area contributed by atoms with Crippen molar-refractivity contribution in [3.8, 4) is 0 Å². The zero-order valence-electron chi connectivity index (χ0n) is 15.5. The minimum absolute atomic E-state index is 0.114. The highest BCUT2D eigenvalue weighted by molar-refractivity contribution is 9.10. The van der Waals surface area contributed by atoms with E-state index in [9.17, 15) is 14.0 Å². The fourth-order valence-electron chi connectivity index (χ4n) is 2.57. The second kappa shape index (κ2) is 10.8. The Balaban J connectivity index is 2.07. The summed E-state index contributed by atoms with van der Waals surface area (Å²) in [4.78, 5) is 26.5. The van der Waals surface area contributed by atoms with Gasteiger partial charge in [-0.25, -0.2) is 4.39 Å². The summed E-state index contributed by atoms with van der Waals surface area (Å²) >= 11 is 10.7. The molecule has 0 bridgehead atoms. The van der Waals surface area contributed by atoms with E-state index < -0.39 is 11.9 Å². The van der Waals surface area contributed by atoms with Crippen molar-refractivity contribution >= 4 is 51.1 Å². The summed E-state index contributed by atoms with van der Waals surface area (Å²) in [6.07, 6.45) is 0. The molecule has 0 aliphatic rings. The Hall–Kier alpha value is -1.57. The van der Waals surface area contributed by atoms with E-state index in [1.807, 2.05) is 24.3 Å². The molecule has 2 rings (SSSR count). The Labute approximate surface area is 182 Å². The molecule has 2 amide bonds. The molecule has 8 heteroatoms. The van der Waals surface area contributed by atoms with E-state index in [1.54, 1.807) is 19.1 Å². The predicted octanol–water partition coefficient (Wildman–Crippen LogP) is 4.64. The predicted molar refractivity (Wildman–Crippen MR) is 116 cm³/mol. The number of carbonyl (C=O) groups is 2. The molecule has 2 aromatic carbocycles. The van der Waals surface area contributed by atoms with Crippen molar-refractivity contribution in [2.75, 3.05) is 12.8 Å². The fourth-order valence-corrected chi connectivity index (χ4v) is 4.08. The minimum atomic E-state index is -0.626. The molecule has 2 aromatic rings. The zero-order valence-corrected chi connectivity index (χ0v) is 18.7. The number of halogens is 3. The van der Waals surface area contributed by atoms with E-state index in [0.29, 0.717) is 17.1 Å². The lowest BCUT2D eigenvalue weighted by Crippen LogP contribution is -2.47. The van der Waals surface area contributed by atoms with Gasteiger partial charge in [-0.15, -0.1) is 11.8 Å². The van der Waals surface area contributed by atoms with E-state index in [1.165, 1.54) is 29.8 Å². The number of hydrogen-bond donors (Lipinski definition) is 1.